The maximum atomic E-state index is 14.8. The van der Waals surface area contributed by atoms with Crippen LogP contribution in [0.25, 0.3) is 0 Å². The van der Waals surface area contributed by atoms with Crippen LogP contribution in [-0.2, 0) is 14.4 Å². The molecule has 0 bridgehead atoms. The lowest BCUT2D eigenvalue weighted by Gasteiger charge is -2.72. The van der Waals surface area contributed by atoms with E-state index in [2.05, 4.69) is 58.8 Å². The smallest absolute Gasteiger partial charge is 0.326 e. The lowest BCUT2D eigenvalue weighted by atomic mass is 9.32. The molecule has 0 aromatic carbocycles. The zero-order chi connectivity index (χ0) is 36.3. The molecule has 4 N–H and O–H groups in total. The minimum absolute atomic E-state index is 0.0657. The van der Waals surface area contributed by atoms with Gasteiger partial charge < -0.3 is 20.8 Å². The van der Waals surface area contributed by atoms with Crippen molar-refractivity contribution in [1.29, 1.82) is 0 Å². The van der Waals surface area contributed by atoms with Crippen molar-refractivity contribution in [1.82, 2.24) is 10.6 Å². The fourth-order valence-corrected chi connectivity index (χ4v) is 14.2. The summed E-state index contributed by atoms with van der Waals surface area (Å²) in [6.45, 7) is 26.8. The molecule has 0 aromatic rings. The highest BCUT2D eigenvalue weighted by molar-refractivity contribution is 5.88. The van der Waals surface area contributed by atoms with Crippen LogP contribution in [-0.4, -0.2) is 46.2 Å². The minimum atomic E-state index is -1.01. The van der Waals surface area contributed by atoms with E-state index in [1.807, 2.05) is 13.8 Å². The van der Waals surface area contributed by atoms with E-state index < -0.39 is 22.8 Å². The third kappa shape index (κ3) is 5.06. The molecule has 7 heteroatoms. The predicted octanol–water partition coefficient (Wildman–Crippen LogP) is 7.76. The van der Waals surface area contributed by atoms with E-state index in [0.717, 1.165) is 44.9 Å². The lowest BCUT2D eigenvalue weighted by Crippen LogP contribution is -2.68. The van der Waals surface area contributed by atoms with Crippen molar-refractivity contribution in [2.24, 2.45) is 73.9 Å². The number of carbonyl (C=O) groups is 3. The Morgan fingerprint density at radius 1 is 0.796 bits per heavy atom. The number of aliphatic hydroxyl groups is 1. The number of allylic oxidation sites excluding steroid dienone is 1. The molecule has 0 spiro atoms. The first-order valence-corrected chi connectivity index (χ1v) is 19.8. The van der Waals surface area contributed by atoms with Crippen LogP contribution in [0.2, 0.25) is 0 Å². The van der Waals surface area contributed by atoms with E-state index in [1.54, 1.807) is 13.8 Å². The summed E-state index contributed by atoms with van der Waals surface area (Å²) in [4.78, 5) is 39.9. The van der Waals surface area contributed by atoms with Gasteiger partial charge in [-0.3, -0.25) is 9.59 Å². The van der Waals surface area contributed by atoms with Crippen molar-refractivity contribution in [2.45, 2.75) is 158 Å². The molecule has 0 radical (unpaired) electrons. The van der Waals surface area contributed by atoms with Gasteiger partial charge in [0.25, 0.3) is 0 Å². The van der Waals surface area contributed by atoms with Gasteiger partial charge in [-0.2, -0.15) is 0 Å². The fourth-order valence-electron chi connectivity index (χ4n) is 14.2. The van der Waals surface area contributed by atoms with E-state index in [1.165, 1.54) is 24.8 Å². The molecule has 13 atom stereocenters. The molecule has 0 heterocycles. The number of carbonyl (C=O) groups excluding carboxylic acids is 2. The summed E-state index contributed by atoms with van der Waals surface area (Å²) >= 11 is 0. The first-order chi connectivity index (χ1) is 22.6. The van der Waals surface area contributed by atoms with Gasteiger partial charge in [0.15, 0.2) is 0 Å². The molecule has 0 aliphatic heterocycles. The minimum Gasteiger partial charge on any atom is -0.480 e. The van der Waals surface area contributed by atoms with Crippen LogP contribution in [0.4, 0.5) is 0 Å². The normalized spacial score (nSPS) is 46.9. The van der Waals surface area contributed by atoms with Crippen LogP contribution in [0, 0.1) is 73.9 Å². The highest BCUT2D eigenvalue weighted by Crippen LogP contribution is 2.77. The van der Waals surface area contributed by atoms with E-state index in [-0.39, 0.29) is 63.4 Å². The number of carboxylic acid groups (broad SMARTS) is 1. The van der Waals surface area contributed by atoms with Gasteiger partial charge in [-0.25, -0.2) is 4.79 Å². The van der Waals surface area contributed by atoms with E-state index in [9.17, 15) is 24.6 Å². The number of hydrogen-bond acceptors (Lipinski definition) is 4. The van der Waals surface area contributed by atoms with Gasteiger partial charge in [0.2, 0.25) is 11.8 Å². The maximum absolute atomic E-state index is 14.8. The topological polar surface area (TPSA) is 116 Å². The SMILES string of the molecule is C=C(C)[C@@H]1CC[C@]2(C(=O)NC3C[C@H](C(=O)N[C@H](C(=O)O)C(C)C)C3(C)C)CC[C@]3(C)C(CC[C@@H]4[C@@]5(C)CC[C@H](O)C(C)(C)[C@@H]5CC[C@]43C)[C@@H]12. The summed E-state index contributed by atoms with van der Waals surface area (Å²) in [6, 6.07) is -1.05. The van der Waals surface area contributed by atoms with Crippen LogP contribution >= 0.6 is 0 Å². The average Bonchev–Trinajstić information content (AvgIpc) is 3.41. The third-order valence-electron chi connectivity index (χ3n) is 17.6. The average molecular weight is 681 g/mol. The van der Waals surface area contributed by atoms with Crippen LogP contribution < -0.4 is 10.6 Å². The van der Waals surface area contributed by atoms with E-state index >= 15 is 0 Å². The number of amides is 2. The van der Waals surface area contributed by atoms with Crippen molar-refractivity contribution in [3.8, 4) is 0 Å². The molecular weight excluding hydrogens is 612 g/mol. The second-order valence-corrected chi connectivity index (χ2v) is 20.4. The van der Waals surface area contributed by atoms with Crippen molar-refractivity contribution in [3.63, 3.8) is 0 Å². The van der Waals surface area contributed by atoms with Gasteiger partial charge in [-0.05, 0) is 140 Å². The number of nitrogens with one attached hydrogen (secondary N) is 2. The molecule has 0 saturated heterocycles. The zero-order valence-corrected chi connectivity index (χ0v) is 32.4. The monoisotopic (exact) mass is 681 g/mol. The van der Waals surface area contributed by atoms with Crippen molar-refractivity contribution in [2.75, 3.05) is 0 Å². The van der Waals surface area contributed by atoms with E-state index in [4.69, 9.17) is 0 Å². The second kappa shape index (κ2) is 11.8. The summed E-state index contributed by atoms with van der Waals surface area (Å²) in [5, 5.41) is 27.0. The number of aliphatic carboxylic acids is 1. The fraction of sp³-hybridized carbons (Fsp3) is 0.881. The quantitative estimate of drug-likeness (QED) is 0.205. The molecule has 49 heavy (non-hydrogen) atoms. The first-order valence-electron chi connectivity index (χ1n) is 19.8. The summed E-state index contributed by atoms with van der Waals surface area (Å²) in [6.07, 6.45) is 10.9. The van der Waals surface area contributed by atoms with Crippen LogP contribution in [0.15, 0.2) is 12.2 Å². The number of aliphatic hydroxyl groups excluding tert-OH is 1. The molecule has 6 fully saturated rings. The highest BCUT2D eigenvalue weighted by atomic mass is 16.4. The van der Waals surface area contributed by atoms with Gasteiger partial charge in [0.1, 0.15) is 6.04 Å². The molecule has 6 aliphatic rings. The van der Waals surface area contributed by atoms with Crippen LogP contribution in [0.1, 0.15) is 140 Å². The molecule has 2 amide bonds. The zero-order valence-electron chi connectivity index (χ0n) is 32.4. The standard InChI is InChI=1S/C42H68N2O5/c1-23(2)25-14-19-42(36(49)43-30-22-27(37(30,5)6)34(46)44-33(24(3)4)35(47)48)21-20-40(10)26(32(25)42)12-13-29-39(9)17-16-31(45)38(7,8)28(39)15-18-41(29,40)11/h24-33,45H,1,12-22H2,2-11H3,(H,43,49)(H,44,46)(H,47,48)/t25-,26?,27+,28-,29+,30?,31-,32+,33-,39-,40+,41+,42-/m0/s1. The van der Waals surface area contributed by atoms with Gasteiger partial charge in [-0.15, -0.1) is 0 Å². The van der Waals surface area contributed by atoms with Gasteiger partial charge >= 0.3 is 5.97 Å². The van der Waals surface area contributed by atoms with Gasteiger partial charge in [0.05, 0.1) is 11.5 Å². The Morgan fingerprint density at radius 2 is 1.47 bits per heavy atom. The maximum Gasteiger partial charge on any atom is 0.326 e. The van der Waals surface area contributed by atoms with Crippen LogP contribution in [0.5, 0.6) is 0 Å². The van der Waals surface area contributed by atoms with E-state index in [0.29, 0.717) is 30.1 Å². The number of fused-ring (bicyclic) bond motifs is 7. The Morgan fingerprint density at radius 3 is 2.06 bits per heavy atom. The number of rotatable bonds is 7. The molecule has 6 rings (SSSR count). The molecule has 6 aliphatic carbocycles. The Labute approximate surface area is 296 Å². The van der Waals surface area contributed by atoms with Crippen LogP contribution in [0.3, 0.4) is 0 Å². The molecule has 0 aromatic heterocycles. The Kier molecular flexibility index (Phi) is 8.90. The van der Waals surface area contributed by atoms with Gasteiger partial charge in [0, 0.05) is 12.0 Å². The second-order valence-electron chi connectivity index (χ2n) is 20.4. The summed E-state index contributed by atoms with van der Waals surface area (Å²) < 4.78 is 0. The Hall–Kier alpha value is -1.89. The molecule has 6 saturated carbocycles. The molecular formula is C42H68N2O5. The predicted molar refractivity (Wildman–Crippen MR) is 193 cm³/mol. The van der Waals surface area contributed by atoms with Crippen molar-refractivity contribution < 1.29 is 24.6 Å². The summed E-state index contributed by atoms with van der Waals surface area (Å²) in [7, 11) is 0. The lowest BCUT2D eigenvalue weighted by molar-refractivity contribution is -0.246. The molecule has 7 nitrogen and oxygen atoms in total. The third-order valence-corrected chi connectivity index (χ3v) is 17.6. The van der Waals surface area contributed by atoms with Crippen molar-refractivity contribution >= 4 is 17.8 Å². The Bertz CT molecular complexity index is 1390. The number of carboxylic acids is 1. The Balaban J connectivity index is 1.25. The molecule has 2 unspecified atom stereocenters. The summed E-state index contributed by atoms with van der Waals surface area (Å²) in [5.41, 5.74) is 0.791. The number of hydrogen-bond donors (Lipinski definition) is 4. The largest absolute Gasteiger partial charge is 0.480 e. The summed E-state index contributed by atoms with van der Waals surface area (Å²) in [5.74, 6) is 0.585. The van der Waals surface area contributed by atoms with Gasteiger partial charge in [-0.1, -0.05) is 74.5 Å². The van der Waals surface area contributed by atoms with Crippen molar-refractivity contribution in [3.05, 3.63) is 12.2 Å². The first kappa shape index (κ1) is 36.9. The molecule has 276 valence electrons. The highest BCUT2D eigenvalue weighted by Gasteiger charge is 2.72.